The maximum absolute atomic E-state index is 11.8. The molecule has 0 spiro atoms. The van der Waals surface area contributed by atoms with Crippen molar-refractivity contribution in [1.29, 1.82) is 0 Å². The second-order valence-electron chi connectivity index (χ2n) is 3.71. The van der Waals surface area contributed by atoms with Crippen LogP contribution in [-0.4, -0.2) is 67.6 Å². The molecule has 0 saturated heterocycles. The number of hydrogen-bond donors (Lipinski definition) is 2. The molecule has 0 bridgehead atoms. The molecule has 0 saturated carbocycles. The van der Waals surface area contributed by atoms with Crippen LogP contribution in [0.1, 0.15) is 20.7 Å². The fraction of sp³-hybridized carbons (Fsp3) is 0. The van der Waals surface area contributed by atoms with Crippen molar-refractivity contribution in [2.24, 2.45) is 0 Å². The third kappa shape index (κ3) is 3.83. The van der Waals surface area contributed by atoms with Gasteiger partial charge in [0.05, 0.1) is 0 Å². The molecule has 20 heavy (non-hydrogen) atoms. The van der Waals surface area contributed by atoms with Crippen molar-refractivity contribution >= 4 is 57.4 Å². The molecule has 0 atom stereocenters. The molecule has 2 N–H and O–H groups in total. The van der Waals surface area contributed by atoms with Crippen LogP contribution >= 0.6 is 0 Å². The molecule has 0 aromatic heterocycles. The van der Waals surface area contributed by atoms with E-state index >= 15 is 0 Å². The number of carboxylic acid groups (broad SMARTS) is 1. The van der Waals surface area contributed by atoms with E-state index in [9.17, 15) is 14.7 Å². The van der Waals surface area contributed by atoms with Gasteiger partial charge in [0.15, 0.2) is 0 Å². The molecule has 2 aromatic carbocycles. The number of aromatic carboxylic acids is 1. The van der Waals surface area contributed by atoms with Crippen LogP contribution in [0.3, 0.4) is 0 Å². The molecule has 2 rings (SSSR count). The Kier molecular flexibility index (Phi) is 6.22. The Bertz CT molecular complexity index is 639. The third-order valence-electron chi connectivity index (χ3n) is 2.44. The van der Waals surface area contributed by atoms with Crippen LogP contribution in [0.15, 0.2) is 48.5 Å². The number of carboxylic acids is 1. The van der Waals surface area contributed by atoms with Gasteiger partial charge in [0, 0.05) is 0 Å². The predicted molar refractivity (Wildman–Crippen MR) is 75.0 cm³/mol. The molecule has 5 nitrogen and oxygen atoms in total. The topological polar surface area (TPSA) is 83.8 Å². The first kappa shape index (κ1) is 16.7. The van der Waals surface area contributed by atoms with Crippen molar-refractivity contribution < 1.29 is 24.5 Å². The first-order valence-corrected chi connectivity index (χ1v) is 5.42. The Labute approximate surface area is 152 Å². The van der Waals surface area contributed by atoms with E-state index in [1.54, 1.807) is 18.2 Å². The summed E-state index contributed by atoms with van der Waals surface area (Å²) in [4.78, 5) is 22.8. The molecule has 0 unspecified atom stereocenters. The zero-order valence-corrected chi connectivity index (χ0v) is 9.74. The fourth-order valence-electron chi connectivity index (χ4n) is 1.53. The van der Waals surface area contributed by atoms with Crippen molar-refractivity contribution in [2.45, 2.75) is 0 Å². The van der Waals surface area contributed by atoms with Crippen LogP contribution < -0.4 is 4.74 Å². The van der Waals surface area contributed by atoms with E-state index < -0.39 is 11.9 Å². The van der Waals surface area contributed by atoms with Gasteiger partial charge in [0.1, 0.15) is 22.6 Å². The molecule has 2 aromatic rings. The molecule has 0 radical (unpaired) electrons. The second kappa shape index (κ2) is 7.44. The number of carbonyl (C=O) groups excluding carboxylic acids is 1. The van der Waals surface area contributed by atoms with Gasteiger partial charge in [0.2, 0.25) is 0 Å². The number of ether oxygens (including phenoxy) is 1. The van der Waals surface area contributed by atoms with Crippen LogP contribution in [-0.2, 0) is 0 Å². The van der Waals surface area contributed by atoms with Crippen LogP contribution in [0.2, 0.25) is 0 Å². The van der Waals surface area contributed by atoms with Gasteiger partial charge >= 0.3 is 57.4 Å². The Morgan fingerprint density at radius 3 is 2.05 bits per heavy atom. The summed E-state index contributed by atoms with van der Waals surface area (Å²) >= 11 is 0. The first-order chi connectivity index (χ1) is 9.09. The molecular weight excluding hydrogens is 336 g/mol. The van der Waals surface area contributed by atoms with E-state index in [2.05, 4.69) is 0 Å². The fourth-order valence-corrected chi connectivity index (χ4v) is 1.53. The van der Waals surface area contributed by atoms with E-state index in [-0.39, 0.29) is 68.1 Å². The molecular formula is C14H12O5Sr. The summed E-state index contributed by atoms with van der Waals surface area (Å²) in [5, 5.41) is 18.5. The number of rotatable bonds is 3. The number of benzene rings is 2. The molecule has 0 aliphatic rings. The Morgan fingerprint density at radius 2 is 1.45 bits per heavy atom. The summed E-state index contributed by atoms with van der Waals surface area (Å²) < 4.78 is 4.99. The maximum atomic E-state index is 11.8. The van der Waals surface area contributed by atoms with E-state index in [0.717, 1.165) is 0 Å². The van der Waals surface area contributed by atoms with Gasteiger partial charge in [-0.25, -0.2) is 9.59 Å². The summed E-state index contributed by atoms with van der Waals surface area (Å²) in [6.07, 6.45) is 0. The van der Waals surface area contributed by atoms with Crippen LogP contribution in [0.5, 0.6) is 11.5 Å². The molecule has 6 heteroatoms. The third-order valence-corrected chi connectivity index (χ3v) is 2.44. The van der Waals surface area contributed by atoms with Gasteiger partial charge in [0.25, 0.3) is 0 Å². The number of phenols is 1. The number of para-hydroxylation sites is 2. The van der Waals surface area contributed by atoms with Crippen molar-refractivity contribution in [3.05, 3.63) is 59.7 Å². The zero-order valence-electron chi connectivity index (χ0n) is 9.74. The Balaban J connectivity index is 0.00000200. The van der Waals surface area contributed by atoms with Gasteiger partial charge in [-0.1, -0.05) is 24.3 Å². The summed E-state index contributed by atoms with van der Waals surface area (Å²) in [5.74, 6) is -2.30. The number of hydrogen-bond acceptors (Lipinski definition) is 4. The van der Waals surface area contributed by atoms with Gasteiger partial charge in [-0.05, 0) is 24.3 Å². The van der Waals surface area contributed by atoms with Crippen LogP contribution in [0, 0.1) is 0 Å². The normalized spacial score (nSPS) is 9.40. The van der Waals surface area contributed by atoms with E-state index in [1.807, 2.05) is 0 Å². The SMILES string of the molecule is O=C(Oc1ccccc1C(=O)O)c1ccccc1O.[SrH2]. The van der Waals surface area contributed by atoms with Crippen molar-refractivity contribution in [1.82, 2.24) is 0 Å². The summed E-state index contributed by atoms with van der Waals surface area (Å²) in [6.45, 7) is 0. The van der Waals surface area contributed by atoms with Gasteiger partial charge < -0.3 is 14.9 Å². The average molecular weight is 348 g/mol. The number of phenolic OH excluding ortho intramolecular Hbond substituents is 1. The first-order valence-electron chi connectivity index (χ1n) is 5.42. The molecule has 0 heterocycles. The summed E-state index contributed by atoms with van der Waals surface area (Å²) in [7, 11) is 0. The minimum absolute atomic E-state index is 0. The standard InChI is InChI=1S/C14H10O5.Sr.2H/c15-11-7-3-1-5-9(11)14(18)19-12-8-4-2-6-10(12)13(16)17;;;/h1-8,15H,(H,16,17);;;. The quantitative estimate of drug-likeness (QED) is 0.498. The molecule has 0 aliphatic heterocycles. The van der Waals surface area contributed by atoms with E-state index in [1.165, 1.54) is 30.3 Å². The monoisotopic (exact) mass is 348 g/mol. The second-order valence-corrected chi connectivity index (χ2v) is 3.71. The van der Waals surface area contributed by atoms with Gasteiger partial charge in [-0.3, -0.25) is 0 Å². The van der Waals surface area contributed by atoms with Crippen LogP contribution in [0.25, 0.3) is 0 Å². The van der Waals surface area contributed by atoms with Crippen molar-refractivity contribution in [3.8, 4) is 11.5 Å². The number of carbonyl (C=O) groups is 2. The molecule has 0 fully saturated rings. The zero-order chi connectivity index (χ0) is 13.8. The summed E-state index contributed by atoms with van der Waals surface area (Å²) in [6, 6.07) is 11.7. The van der Waals surface area contributed by atoms with E-state index in [4.69, 9.17) is 9.84 Å². The predicted octanol–water partition coefficient (Wildman–Crippen LogP) is 1.39. The van der Waals surface area contributed by atoms with Crippen molar-refractivity contribution in [3.63, 3.8) is 0 Å². The average Bonchev–Trinajstić information content (AvgIpc) is 2.39. The molecule has 0 aliphatic carbocycles. The number of aromatic hydroxyl groups is 1. The van der Waals surface area contributed by atoms with E-state index in [0.29, 0.717) is 0 Å². The molecule has 100 valence electrons. The van der Waals surface area contributed by atoms with Gasteiger partial charge in [-0.2, -0.15) is 0 Å². The molecule has 0 amide bonds. The Morgan fingerprint density at radius 1 is 0.900 bits per heavy atom. The summed E-state index contributed by atoms with van der Waals surface area (Å²) in [5.41, 5.74) is -0.144. The number of esters is 1. The minimum atomic E-state index is -1.19. The Hall–Kier alpha value is -1.34. The van der Waals surface area contributed by atoms with Gasteiger partial charge in [-0.15, -0.1) is 0 Å². The van der Waals surface area contributed by atoms with Crippen LogP contribution in [0.4, 0.5) is 0 Å². The van der Waals surface area contributed by atoms with Crippen molar-refractivity contribution in [2.75, 3.05) is 0 Å².